The maximum absolute atomic E-state index is 14.2. The van der Waals surface area contributed by atoms with Crippen molar-refractivity contribution in [1.82, 2.24) is 0 Å². The molecule has 4 aliphatic carbocycles. The molecule has 4 aliphatic rings. The standard InChI is InChI=1S/C35H48O9/c1-8-10-11-12-13-14-15-16-25(37)44-35-28(32(35,6)7)26-27(38)23(19-36)18-33(41)24(17-21(4)29(33)39)34(26,42)22(5)30(35)43-31(40)20(3)9-2/h10-11,13-14,17-18,20,22,24,26,28,30,36,41-42H,8-9,12,15-16,19H2,1-7H3/b11-10-,14-13-/t20-,22+,24+,26-,28+,30+,33+,34-,35+/m0/s1. The summed E-state index contributed by atoms with van der Waals surface area (Å²) in [6.07, 6.45) is 12.0. The first-order valence-electron chi connectivity index (χ1n) is 15.9. The smallest absolute Gasteiger partial charge is 0.309 e. The van der Waals surface area contributed by atoms with Gasteiger partial charge in [0.2, 0.25) is 0 Å². The van der Waals surface area contributed by atoms with Crippen molar-refractivity contribution < 1.29 is 44.0 Å². The molecule has 0 spiro atoms. The van der Waals surface area contributed by atoms with Crippen LogP contribution in [0.15, 0.2) is 47.6 Å². The maximum atomic E-state index is 14.2. The van der Waals surface area contributed by atoms with E-state index in [1.54, 1.807) is 27.7 Å². The van der Waals surface area contributed by atoms with Crippen molar-refractivity contribution in [2.75, 3.05) is 6.61 Å². The molecular formula is C35H48O9. The summed E-state index contributed by atoms with van der Waals surface area (Å²) in [7, 11) is 0. The molecule has 0 bridgehead atoms. The molecule has 0 aromatic heterocycles. The summed E-state index contributed by atoms with van der Waals surface area (Å²) in [6.45, 7) is 11.6. The fourth-order valence-corrected chi connectivity index (χ4v) is 8.06. The lowest BCUT2D eigenvalue weighted by molar-refractivity contribution is -0.231. The van der Waals surface area contributed by atoms with Crippen molar-refractivity contribution in [2.24, 2.45) is 35.0 Å². The molecule has 0 heterocycles. The molecule has 0 aliphatic heterocycles. The summed E-state index contributed by atoms with van der Waals surface area (Å²) in [5.41, 5.74) is -6.76. The van der Waals surface area contributed by atoms with E-state index in [9.17, 15) is 34.5 Å². The highest BCUT2D eigenvalue weighted by atomic mass is 16.6. The molecule has 0 radical (unpaired) electrons. The number of ether oxygens (including phenoxy) is 2. The molecule has 0 aromatic rings. The molecule has 242 valence electrons. The lowest BCUT2D eigenvalue weighted by Gasteiger charge is -2.52. The summed E-state index contributed by atoms with van der Waals surface area (Å²) in [6, 6.07) is 0. The monoisotopic (exact) mass is 612 g/mol. The van der Waals surface area contributed by atoms with Gasteiger partial charge < -0.3 is 24.8 Å². The molecule has 0 saturated heterocycles. The van der Waals surface area contributed by atoms with Crippen molar-refractivity contribution in [3.63, 3.8) is 0 Å². The highest BCUT2D eigenvalue weighted by Crippen LogP contribution is 2.77. The maximum Gasteiger partial charge on any atom is 0.309 e. The molecule has 0 amide bonds. The second-order valence-electron chi connectivity index (χ2n) is 13.6. The third-order valence-corrected chi connectivity index (χ3v) is 10.8. The number of allylic oxidation sites excluding steroid dienone is 4. The lowest BCUT2D eigenvalue weighted by Crippen LogP contribution is -2.67. The van der Waals surface area contributed by atoms with E-state index in [0.29, 0.717) is 12.8 Å². The van der Waals surface area contributed by atoms with Crippen LogP contribution in [0.25, 0.3) is 0 Å². The highest BCUT2D eigenvalue weighted by Gasteiger charge is 2.89. The minimum absolute atomic E-state index is 0.0580. The van der Waals surface area contributed by atoms with Crippen LogP contribution in [-0.2, 0) is 28.7 Å². The summed E-state index contributed by atoms with van der Waals surface area (Å²) in [5, 5.41) is 34.8. The summed E-state index contributed by atoms with van der Waals surface area (Å²) in [5.74, 6) is -7.28. The Bertz CT molecular complexity index is 1320. The number of aliphatic hydroxyl groups excluding tert-OH is 1. The van der Waals surface area contributed by atoms with Crippen molar-refractivity contribution in [1.29, 1.82) is 0 Å². The average molecular weight is 613 g/mol. The van der Waals surface area contributed by atoms with Gasteiger partial charge in [-0.2, -0.15) is 0 Å². The zero-order valence-electron chi connectivity index (χ0n) is 27.0. The number of Topliss-reactive ketones (excluding diaryl/α,β-unsaturated/α-hetero) is 2. The van der Waals surface area contributed by atoms with Gasteiger partial charge in [0.15, 0.2) is 22.8 Å². The van der Waals surface area contributed by atoms with E-state index in [2.05, 4.69) is 13.0 Å². The van der Waals surface area contributed by atoms with E-state index in [4.69, 9.17) is 9.47 Å². The van der Waals surface area contributed by atoms with Crippen LogP contribution in [0.3, 0.4) is 0 Å². The van der Waals surface area contributed by atoms with Crippen molar-refractivity contribution >= 4 is 23.5 Å². The fraction of sp³-hybridized carbons (Fsp3) is 0.657. The minimum atomic E-state index is -2.28. The van der Waals surface area contributed by atoms with Gasteiger partial charge in [0.25, 0.3) is 0 Å². The lowest BCUT2D eigenvalue weighted by atomic mass is 9.58. The first-order valence-corrected chi connectivity index (χ1v) is 15.9. The Hall–Kier alpha value is -2.88. The molecule has 0 aromatic carbocycles. The second kappa shape index (κ2) is 12.1. The number of rotatable bonds is 11. The van der Waals surface area contributed by atoms with E-state index in [-0.39, 0.29) is 17.6 Å². The molecule has 2 fully saturated rings. The number of ketones is 2. The van der Waals surface area contributed by atoms with Crippen LogP contribution in [0.1, 0.15) is 80.6 Å². The second-order valence-corrected chi connectivity index (χ2v) is 13.6. The van der Waals surface area contributed by atoms with Gasteiger partial charge >= 0.3 is 11.9 Å². The van der Waals surface area contributed by atoms with Crippen LogP contribution in [0.4, 0.5) is 0 Å². The number of hydrogen-bond acceptors (Lipinski definition) is 9. The number of fused-ring (bicyclic) bond motifs is 5. The number of esters is 2. The van der Waals surface area contributed by atoms with E-state index in [1.165, 1.54) is 13.0 Å². The van der Waals surface area contributed by atoms with Crippen LogP contribution in [0, 0.1) is 35.0 Å². The SMILES string of the molecule is CC/C=C\C/C=C\CCC(=O)O[C@@]12[C@H](OC(=O)[C@@H](C)CC)[C@@H](C)[C@@]3(O)[C@@H](C(=O)C(CO)=C[C@]4(O)C(=O)C(C)=C[C@@H]34)[C@@H]1C2(C)C. The first-order chi connectivity index (χ1) is 20.6. The predicted octanol–water partition coefficient (Wildman–Crippen LogP) is 3.95. The Kier molecular flexibility index (Phi) is 9.38. The fourth-order valence-electron chi connectivity index (χ4n) is 8.06. The van der Waals surface area contributed by atoms with Gasteiger partial charge in [-0.3, -0.25) is 19.2 Å². The summed E-state index contributed by atoms with van der Waals surface area (Å²) >= 11 is 0. The topological polar surface area (TPSA) is 147 Å². The first kappa shape index (κ1) is 34.0. The third-order valence-electron chi connectivity index (χ3n) is 10.8. The largest absolute Gasteiger partial charge is 0.457 e. The van der Waals surface area contributed by atoms with Gasteiger partial charge in [-0.15, -0.1) is 0 Å². The van der Waals surface area contributed by atoms with Crippen LogP contribution >= 0.6 is 0 Å². The number of aliphatic hydroxyl groups is 3. The van der Waals surface area contributed by atoms with Crippen LogP contribution in [0.2, 0.25) is 0 Å². The molecule has 44 heavy (non-hydrogen) atoms. The normalized spacial score (nSPS) is 37.9. The quantitative estimate of drug-likeness (QED) is 0.233. The molecule has 2 saturated carbocycles. The number of hydrogen-bond donors (Lipinski definition) is 3. The molecule has 9 atom stereocenters. The Labute approximate surface area is 260 Å². The number of carbonyl (C=O) groups is 4. The van der Waals surface area contributed by atoms with E-state index < -0.39 is 88.0 Å². The molecule has 3 N–H and O–H groups in total. The molecule has 0 unspecified atom stereocenters. The summed E-state index contributed by atoms with van der Waals surface area (Å²) in [4.78, 5) is 54.2. The third kappa shape index (κ3) is 4.95. The van der Waals surface area contributed by atoms with Gasteiger partial charge in [0.05, 0.1) is 24.0 Å². The van der Waals surface area contributed by atoms with Gasteiger partial charge in [-0.1, -0.05) is 71.9 Å². The Morgan fingerprint density at radius 1 is 1.09 bits per heavy atom. The predicted molar refractivity (Wildman–Crippen MR) is 163 cm³/mol. The average Bonchev–Trinajstić information content (AvgIpc) is 3.38. The molecule has 4 rings (SSSR count). The van der Waals surface area contributed by atoms with Gasteiger partial charge in [-0.05, 0) is 44.3 Å². The number of carbonyl (C=O) groups excluding carboxylic acids is 4. The van der Waals surface area contributed by atoms with Gasteiger partial charge in [0, 0.05) is 35.2 Å². The van der Waals surface area contributed by atoms with Gasteiger partial charge in [0.1, 0.15) is 6.10 Å². The van der Waals surface area contributed by atoms with E-state index >= 15 is 0 Å². The Balaban J connectivity index is 1.80. The van der Waals surface area contributed by atoms with E-state index in [1.807, 2.05) is 25.2 Å². The van der Waals surface area contributed by atoms with Crippen LogP contribution in [-0.4, -0.2) is 68.3 Å². The minimum Gasteiger partial charge on any atom is -0.457 e. The van der Waals surface area contributed by atoms with Crippen LogP contribution in [0.5, 0.6) is 0 Å². The zero-order valence-corrected chi connectivity index (χ0v) is 27.0. The van der Waals surface area contributed by atoms with Crippen LogP contribution < -0.4 is 0 Å². The van der Waals surface area contributed by atoms with Gasteiger partial charge in [-0.25, -0.2) is 0 Å². The Morgan fingerprint density at radius 3 is 2.36 bits per heavy atom. The molecule has 9 nitrogen and oxygen atoms in total. The molecule has 9 heteroatoms. The zero-order chi connectivity index (χ0) is 32.8. The van der Waals surface area contributed by atoms with E-state index in [0.717, 1.165) is 18.9 Å². The highest BCUT2D eigenvalue weighted by molar-refractivity contribution is 6.09. The summed E-state index contributed by atoms with van der Waals surface area (Å²) < 4.78 is 12.4. The van der Waals surface area contributed by atoms with Crippen molar-refractivity contribution in [2.45, 2.75) is 103 Å². The Morgan fingerprint density at radius 2 is 1.75 bits per heavy atom. The van der Waals surface area contributed by atoms with Crippen molar-refractivity contribution in [3.8, 4) is 0 Å². The molecular weight excluding hydrogens is 564 g/mol. The van der Waals surface area contributed by atoms with Crippen molar-refractivity contribution in [3.05, 3.63) is 47.6 Å².